The number of sulfone groups is 1. The van der Waals surface area contributed by atoms with Crippen LogP contribution in [0.25, 0.3) is 0 Å². The Morgan fingerprint density at radius 3 is 2.30 bits per heavy atom. The van der Waals surface area contributed by atoms with Gasteiger partial charge in [0.1, 0.15) is 11.4 Å². The Bertz CT molecular complexity index is 1280. The van der Waals surface area contributed by atoms with Gasteiger partial charge in [-0.05, 0) is 56.7 Å². The summed E-state index contributed by atoms with van der Waals surface area (Å²) in [7, 11) is -4.04. The molecule has 0 spiro atoms. The summed E-state index contributed by atoms with van der Waals surface area (Å²) >= 11 is 6.06. The highest BCUT2D eigenvalue weighted by Gasteiger charge is 2.26. The van der Waals surface area contributed by atoms with Crippen molar-refractivity contribution in [1.82, 2.24) is 4.57 Å². The van der Waals surface area contributed by atoms with E-state index >= 15 is 0 Å². The number of amides is 1. The first-order valence-electron chi connectivity index (χ1n) is 9.18. The van der Waals surface area contributed by atoms with Crippen LogP contribution in [-0.4, -0.2) is 18.9 Å². The van der Waals surface area contributed by atoms with E-state index in [1.807, 2.05) is 6.92 Å². The zero-order valence-electron chi connectivity index (χ0n) is 16.8. The Hall–Kier alpha value is -2.90. The molecule has 1 heterocycles. The molecule has 8 heteroatoms. The summed E-state index contributed by atoms with van der Waals surface area (Å²) in [6, 6.07) is 14.6. The number of aryl methyl sites for hydroxylation is 3. The molecule has 0 radical (unpaired) electrons. The van der Waals surface area contributed by atoms with Gasteiger partial charge in [0.2, 0.25) is 15.7 Å². The van der Waals surface area contributed by atoms with Gasteiger partial charge < -0.3 is 9.88 Å². The standard InChI is InChI=1S/C22H21ClN2O4S/c1-14-8-10-17(11-9-14)30(28,29)21-15(2)12-16(3)25(22(21)27)13-20(26)24-19-7-5-4-6-18(19)23/h4-12H,13H2,1-3H3,(H,24,26). The smallest absolute Gasteiger partial charge is 0.270 e. The predicted octanol–water partition coefficient (Wildman–Crippen LogP) is 3.90. The Labute approximate surface area is 180 Å². The second-order valence-corrected chi connectivity index (χ2v) is 9.33. The Balaban J connectivity index is 2.01. The number of halogens is 1. The largest absolute Gasteiger partial charge is 0.323 e. The number of nitrogens with one attached hydrogen (secondary N) is 1. The second kappa shape index (κ2) is 8.45. The topological polar surface area (TPSA) is 85.2 Å². The highest BCUT2D eigenvalue weighted by Crippen LogP contribution is 2.23. The van der Waals surface area contributed by atoms with Crippen molar-refractivity contribution in [3.63, 3.8) is 0 Å². The molecule has 1 aromatic heterocycles. The van der Waals surface area contributed by atoms with E-state index in [-0.39, 0.29) is 16.3 Å². The lowest BCUT2D eigenvalue weighted by atomic mass is 10.2. The average molecular weight is 445 g/mol. The molecule has 0 aliphatic heterocycles. The zero-order valence-corrected chi connectivity index (χ0v) is 18.3. The highest BCUT2D eigenvalue weighted by molar-refractivity contribution is 7.91. The average Bonchev–Trinajstić information content (AvgIpc) is 2.67. The molecule has 30 heavy (non-hydrogen) atoms. The van der Waals surface area contributed by atoms with Crippen LogP contribution in [0.3, 0.4) is 0 Å². The van der Waals surface area contributed by atoms with Gasteiger partial charge in [-0.3, -0.25) is 9.59 Å². The fraction of sp³-hybridized carbons (Fsp3) is 0.182. The van der Waals surface area contributed by atoms with Gasteiger partial charge in [0.25, 0.3) is 5.56 Å². The number of aromatic nitrogens is 1. The van der Waals surface area contributed by atoms with Crippen molar-refractivity contribution in [2.45, 2.75) is 37.1 Å². The summed E-state index contributed by atoms with van der Waals surface area (Å²) in [5, 5.41) is 3.01. The number of hydrogen-bond acceptors (Lipinski definition) is 4. The summed E-state index contributed by atoms with van der Waals surface area (Å²) in [5.74, 6) is -0.490. The Kier molecular flexibility index (Phi) is 6.14. The van der Waals surface area contributed by atoms with Crippen LogP contribution in [0.4, 0.5) is 5.69 Å². The van der Waals surface area contributed by atoms with E-state index in [9.17, 15) is 18.0 Å². The molecule has 1 N–H and O–H groups in total. The maximum absolute atomic E-state index is 13.1. The van der Waals surface area contributed by atoms with Crippen molar-refractivity contribution in [2.75, 3.05) is 5.32 Å². The van der Waals surface area contributed by atoms with Crippen LogP contribution in [0, 0.1) is 20.8 Å². The lowest BCUT2D eigenvalue weighted by molar-refractivity contribution is -0.116. The lowest BCUT2D eigenvalue weighted by Crippen LogP contribution is -2.33. The first-order chi connectivity index (χ1) is 14.1. The van der Waals surface area contributed by atoms with Crippen molar-refractivity contribution in [3.8, 4) is 0 Å². The van der Waals surface area contributed by atoms with E-state index < -0.39 is 21.3 Å². The molecule has 2 aromatic carbocycles. The quantitative estimate of drug-likeness (QED) is 0.646. The van der Waals surface area contributed by atoms with E-state index in [4.69, 9.17) is 11.6 Å². The molecule has 0 unspecified atom stereocenters. The van der Waals surface area contributed by atoms with Crippen LogP contribution in [0.15, 0.2) is 69.2 Å². The SMILES string of the molecule is Cc1ccc(S(=O)(=O)c2c(C)cc(C)n(CC(=O)Nc3ccccc3Cl)c2=O)cc1. The Morgan fingerprint density at radius 2 is 1.67 bits per heavy atom. The minimum Gasteiger partial charge on any atom is -0.323 e. The molecule has 0 fully saturated rings. The van der Waals surface area contributed by atoms with Crippen LogP contribution >= 0.6 is 11.6 Å². The van der Waals surface area contributed by atoms with Gasteiger partial charge in [-0.25, -0.2) is 8.42 Å². The number of nitrogens with zero attached hydrogens (tertiary/aromatic N) is 1. The van der Waals surface area contributed by atoms with Gasteiger partial charge in [0.05, 0.1) is 15.6 Å². The van der Waals surface area contributed by atoms with Crippen LogP contribution < -0.4 is 10.9 Å². The molecule has 0 aliphatic rings. The number of para-hydroxylation sites is 1. The lowest BCUT2D eigenvalue weighted by Gasteiger charge is -2.15. The number of rotatable bonds is 5. The van der Waals surface area contributed by atoms with E-state index in [0.29, 0.717) is 22.0 Å². The maximum Gasteiger partial charge on any atom is 0.270 e. The van der Waals surface area contributed by atoms with Crippen LogP contribution in [-0.2, 0) is 21.2 Å². The maximum atomic E-state index is 13.1. The van der Waals surface area contributed by atoms with Crippen molar-refractivity contribution >= 4 is 33.0 Å². The van der Waals surface area contributed by atoms with E-state index in [0.717, 1.165) is 10.1 Å². The number of carbonyl (C=O) groups is 1. The first kappa shape index (κ1) is 21.8. The molecular weight excluding hydrogens is 424 g/mol. The normalized spacial score (nSPS) is 11.3. The fourth-order valence-electron chi connectivity index (χ4n) is 3.16. The molecule has 156 valence electrons. The monoisotopic (exact) mass is 444 g/mol. The van der Waals surface area contributed by atoms with Gasteiger partial charge in [-0.1, -0.05) is 41.4 Å². The van der Waals surface area contributed by atoms with Crippen LogP contribution in [0.2, 0.25) is 5.02 Å². The molecular formula is C22H21ClN2O4S. The van der Waals surface area contributed by atoms with Crippen molar-refractivity contribution < 1.29 is 13.2 Å². The molecule has 1 amide bonds. The fourth-order valence-corrected chi connectivity index (χ4v) is 4.90. The van der Waals surface area contributed by atoms with Crippen LogP contribution in [0.5, 0.6) is 0 Å². The molecule has 0 saturated carbocycles. The predicted molar refractivity (Wildman–Crippen MR) is 117 cm³/mol. The Morgan fingerprint density at radius 1 is 1.03 bits per heavy atom. The first-order valence-corrected chi connectivity index (χ1v) is 11.0. The molecule has 0 saturated heterocycles. The van der Waals surface area contributed by atoms with Crippen molar-refractivity contribution in [3.05, 3.63) is 86.8 Å². The van der Waals surface area contributed by atoms with Gasteiger partial charge in [-0.2, -0.15) is 0 Å². The summed E-state index contributed by atoms with van der Waals surface area (Å²) in [6.07, 6.45) is 0. The highest BCUT2D eigenvalue weighted by atomic mass is 35.5. The third-order valence-electron chi connectivity index (χ3n) is 4.70. The second-order valence-electron chi connectivity index (χ2n) is 7.03. The number of anilines is 1. The van der Waals surface area contributed by atoms with Gasteiger partial charge in [-0.15, -0.1) is 0 Å². The van der Waals surface area contributed by atoms with E-state index in [2.05, 4.69) is 5.32 Å². The molecule has 0 bridgehead atoms. The molecule has 3 rings (SSSR count). The molecule has 0 aliphatic carbocycles. The van der Waals surface area contributed by atoms with Gasteiger partial charge in [0.15, 0.2) is 0 Å². The number of benzene rings is 2. The molecule has 0 atom stereocenters. The van der Waals surface area contributed by atoms with Crippen molar-refractivity contribution in [2.24, 2.45) is 0 Å². The van der Waals surface area contributed by atoms with Crippen LogP contribution in [0.1, 0.15) is 16.8 Å². The summed E-state index contributed by atoms with van der Waals surface area (Å²) < 4.78 is 27.4. The van der Waals surface area contributed by atoms with Crippen molar-refractivity contribution in [1.29, 1.82) is 0 Å². The number of carbonyl (C=O) groups excluding carboxylic acids is 1. The van der Waals surface area contributed by atoms with Gasteiger partial charge in [0, 0.05) is 5.69 Å². The van der Waals surface area contributed by atoms with E-state index in [1.165, 1.54) is 12.1 Å². The molecule has 6 nitrogen and oxygen atoms in total. The minimum atomic E-state index is -4.04. The van der Waals surface area contributed by atoms with E-state index in [1.54, 1.807) is 56.3 Å². The zero-order chi connectivity index (χ0) is 22.1. The van der Waals surface area contributed by atoms with Gasteiger partial charge >= 0.3 is 0 Å². The number of pyridine rings is 1. The summed E-state index contributed by atoms with van der Waals surface area (Å²) in [4.78, 5) is 25.3. The number of hydrogen-bond donors (Lipinski definition) is 1. The summed E-state index contributed by atoms with van der Waals surface area (Å²) in [5.41, 5.74) is 1.40. The minimum absolute atomic E-state index is 0.0317. The third-order valence-corrected chi connectivity index (χ3v) is 6.95. The third kappa shape index (κ3) is 4.32. The summed E-state index contributed by atoms with van der Waals surface area (Å²) in [6.45, 7) is 4.73. The molecule has 3 aromatic rings.